The van der Waals surface area contributed by atoms with Crippen molar-refractivity contribution >= 4 is 17.3 Å². The second kappa shape index (κ2) is 6.07. The molecule has 1 amide bonds. The standard InChI is InChI=1S/C20H24N2O/c1-14-8-7-9-17(12-14)21(4)20-13-15(2)22(16(3)23)19-11-6-5-10-18(19)20/h5-12,15,20H,13H2,1-4H3. The number of aryl methyl sites for hydroxylation is 1. The van der Waals surface area contributed by atoms with Crippen molar-refractivity contribution in [2.45, 2.75) is 39.3 Å². The van der Waals surface area contributed by atoms with Crippen LogP contribution in [-0.4, -0.2) is 19.0 Å². The number of anilines is 2. The van der Waals surface area contributed by atoms with Gasteiger partial charge in [0, 0.05) is 31.4 Å². The van der Waals surface area contributed by atoms with Crippen LogP contribution in [0.2, 0.25) is 0 Å². The largest absolute Gasteiger partial charge is 0.367 e. The number of amides is 1. The Bertz CT molecular complexity index is 725. The number of carbonyl (C=O) groups is 1. The highest BCUT2D eigenvalue weighted by Gasteiger charge is 2.34. The van der Waals surface area contributed by atoms with Crippen LogP contribution in [0.5, 0.6) is 0 Å². The van der Waals surface area contributed by atoms with Gasteiger partial charge in [-0.1, -0.05) is 30.3 Å². The van der Waals surface area contributed by atoms with Crippen LogP contribution in [0.15, 0.2) is 48.5 Å². The molecule has 23 heavy (non-hydrogen) atoms. The fourth-order valence-electron chi connectivity index (χ4n) is 3.66. The summed E-state index contributed by atoms with van der Waals surface area (Å²) in [6.45, 7) is 5.90. The third-order valence-corrected chi connectivity index (χ3v) is 4.78. The van der Waals surface area contributed by atoms with Gasteiger partial charge >= 0.3 is 0 Å². The van der Waals surface area contributed by atoms with E-state index in [4.69, 9.17) is 0 Å². The Kier molecular flexibility index (Phi) is 4.12. The number of hydrogen-bond acceptors (Lipinski definition) is 2. The second-order valence-corrected chi connectivity index (χ2v) is 6.50. The molecule has 120 valence electrons. The Balaban J connectivity index is 2.03. The van der Waals surface area contributed by atoms with Crippen LogP contribution in [0.1, 0.15) is 37.4 Å². The molecule has 2 unspecified atom stereocenters. The van der Waals surface area contributed by atoms with Gasteiger partial charge in [-0.2, -0.15) is 0 Å². The predicted octanol–water partition coefficient (Wildman–Crippen LogP) is 4.32. The lowest BCUT2D eigenvalue weighted by Crippen LogP contribution is -2.45. The number of benzene rings is 2. The molecular formula is C20H24N2O. The first-order chi connectivity index (χ1) is 11.0. The van der Waals surface area contributed by atoms with E-state index in [2.05, 4.69) is 68.3 Å². The van der Waals surface area contributed by atoms with Crippen LogP contribution in [0, 0.1) is 6.92 Å². The molecule has 0 saturated heterocycles. The fraction of sp³-hybridized carbons (Fsp3) is 0.350. The monoisotopic (exact) mass is 308 g/mol. The molecule has 0 spiro atoms. The summed E-state index contributed by atoms with van der Waals surface area (Å²) in [6.07, 6.45) is 0.932. The SMILES string of the molecule is CC(=O)N1c2ccccc2C(N(C)c2cccc(C)c2)CC1C. The van der Waals surface area contributed by atoms with E-state index in [1.165, 1.54) is 16.8 Å². The number of para-hydroxylation sites is 1. The van der Waals surface area contributed by atoms with Crippen molar-refractivity contribution in [2.75, 3.05) is 16.8 Å². The van der Waals surface area contributed by atoms with Crippen LogP contribution in [0.3, 0.4) is 0 Å². The molecule has 0 aliphatic carbocycles. The van der Waals surface area contributed by atoms with E-state index in [-0.39, 0.29) is 18.0 Å². The molecule has 2 atom stereocenters. The molecule has 0 aromatic heterocycles. The van der Waals surface area contributed by atoms with Crippen LogP contribution in [-0.2, 0) is 4.79 Å². The van der Waals surface area contributed by atoms with Crippen LogP contribution < -0.4 is 9.80 Å². The molecule has 1 aliphatic heterocycles. The van der Waals surface area contributed by atoms with Gasteiger partial charge in [0.05, 0.1) is 6.04 Å². The first-order valence-corrected chi connectivity index (χ1v) is 8.17. The predicted molar refractivity (Wildman–Crippen MR) is 96.0 cm³/mol. The molecule has 0 saturated carbocycles. The van der Waals surface area contributed by atoms with Gasteiger partial charge < -0.3 is 9.80 Å². The number of carbonyl (C=O) groups excluding carboxylic acids is 1. The van der Waals surface area contributed by atoms with Crippen LogP contribution >= 0.6 is 0 Å². The summed E-state index contributed by atoms with van der Waals surface area (Å²) < 4.78 is 0. The second-order valence-electron chi connectivity index (χ2n) is 6.50. The van der Waals surface area contributed by atoms with E-state index in [9.17, 15) is 4.79 Å². The molecule has 2 aromatic carbocycles. The van der Waals surface area contributed by atoms with E-state index in [0.717, 1.165) is 12.1 Å². The van der Waals surface area contributed by atoms with Crippen molar-refractivity contribution < 1.29 is 4.79 Å². The highest BCUT2D eigenvalue weighted by molar-refractivity contribution is 5.93. The zero-order valence-corrected chi connectivity index (χ0v) is 14.3. The molecular weight excluding hydrogens is 284 g/mol. The summed E-state index contributed by atoms with van der Waals surface area (Å²) >= 11 is 0. The summed E-state index contributed by atoms with van der Waals surface area (Å²) in [7, 11) is 2.15. The Morgan fingerprint density at radius 3 is 2.61 bits per heavy atom. The normalized spacial score (nSPS) is 20.1. The summed E-state index contributed by atoms with van der Waals surface area (Å²) in [5.74, 6) is 0.113. The molecule has 2 aromatic rings. The lowest BCUT2D eigenvalue weighted by Gasteiger charge is -2.43. The third kappa shape index (κ3) is 2.83. The lowest BCUT2D eigenvalue weighted by atomic mass is 9.90. The van der Waals surface area contributed by atoms with Gasteiger partial charge in [-0.3, -0.25) is 4.79 Å². The summed E-state index contributed by atoms with van der Waals surface area (Å²) in [5.41, 5.74) is 4.75. The van der Waals surface area contributed by atoms with Crippen molar-refractivity contribution in [3.05, 3.63) is 59.7 Å². The smallest absolute Gasteiger partial charge is 0.224 e. The maximum atomic E-state index is 12.1. The van der Waals surface area contributed by atoms with E-state index in [1.807, 2.05) is 11.0 Å². The Morgan fingerprint density at radius 1 is 1.17 bits per heavy atom. The zero-order chi connectivity index (χ0) is 16.6. The molecule has 3 heteroatoms. The van der Waals surface area contributed by atoms with Crippen LogP contribution in [0.4, 0.5) is 11.4 Å². The van der Waals surface area contributed by atoms with Crippen molar-refractivity contribution in [2.24, 2.45) is 0 Å². The maximum Gasteiger partial charge on any atom is 0.224 e. The minimum atomic E-state index is 0.113. The Labute approximate surface area is 138 Å². The summed E-state index contributed by atoms with van der Waals surface area (Å²) in [6, 6.07) is 17.3. The van der Waals surface area contributed by atoms with Crippen molar-refractivity contribution in [1.82, 2.24) is 0 Å². The topological polar surface area (TPSA) is 23.6 Å². The van der Waals surface area contributed by atoms with Crippen molar-refractivity contribution in [1.29, 1.82) is 0 Å². The van der Waals surface area contributed by atoms with Gasteiger partial charge in [-0.05, 0) is 49.6 Å². The molecule has 3 rings (SSSR count). The van der Waals surface area contributed by atoms with Crippen molar-refractivity contribution in [3.8, 4) is 0 Å². The Hall–Kier alpha value is -2.29. The molecule has 0 bridgehead atoms. The molecule has 0 radical (unpaired) electrons. The fourth-order valence-corrected chi connectivity index (χ4v) is 3.66. The van der Waals surface area contributed by atoms with Gasteiger partial charge in [0.1, 0.15) is 0 Å². The number of hydrogen-bond donors (Lipinski definition) is 0. The molecule has 3 nitrogen and oxygen atoms in total. The van der Waals surface area contributed by atoms with Gasteiger partial charge in [0.15, 0.2) is 0 Å². The van der Waals surface area contributed by atoms with Gasteiger partial charge in [0.25, 0.3) is 0 Å². The quantitative estimate of drug-likeness (QED) is 0.825. The zero-order valence-electron chi connectivity index (χ0n) is 14.3. The Morgan fingerprint density at radius 2 is 1.91 bits per heavy atom. The molecule has 1 aliphatic rings. The van der Waals surface area contributed by atoms with E-state index >= 15 is 0 Å². The average Bonchev–Trinajstić information content (AvgIpc) is 2.53. The number of nitrogens with zero attached hydrogens (tertiary/aromatic N) is 2. The lowest BCUT2D eigenvalue weighted by molar-refractivity contribution is -0.117. The maximum absolute atomic E-state index is 12.1. The van der Waals surface area contributed by atoms with E-state index in [0.29, 0.717) is 0 Å². The molecule has 0 fully saturated rings. The minimum absolute atomic E-state index is 0.113. The first-order valence-electron chi connectivity index (χ1n) is 8.17. The third-order valence-electron chi connectivity index (χ3n) is 4.78. The van der Waals surface area contributed by atoms with Crippen LogP contribution in [0.25, 0.3) is 0 Å². The first kappa shape index (κ1) is 15.6. The molecule has 0 N–H and O–H groups in total. The summed E-state index contributed by atoms with van der Waals surface area (Å²) in [5, 5.41) is 0. The van der Waals surface area contributed by atoms with Gasteiger partial charge in [-0.15, -0.1) is 0 Å². The van der Waals surface area contributed by atoms with E-state index < -0.39 is 0 Å². The average molecular weight is 308 g/mol. The van der Waals surface area contributed by atoms with Gasteiger partial charge in [0.2, 0.25) is 5.91 Å². The van der Waals surface area contributed by atoms with Crippen molar-refractivity contribution in [3.63, 3.8) is 0 Å². The minimum Gasteiger partial charge on any atom is -0.367 e. The molecule has 1 heterocycles. The summed E-state index contributed by atoms with van der Waals surface area (Å²) in [4.78, 5) is 16.3. The number of fused-ring (bicyclic) bond motifs is 1. The van der Waals surface area contributed by atoms with Gasteiger partial charge in [-0.25, -0.2) is 0 Å². The number of rotatable bonds is 2. The highest BCUT2D eigenvalue weighted by atomic mass is 16.2. The van der Waals surface area contributed by atoms with E-state index in [1.54, 1.807) is 6.92 Å². The highest BCUT2D eigenvalue weighted by Crippen LogP contribution is 2.41.